The lowest BCUT2D eigenvalue weighted by molar-refractivity contribution is -0.121. The molecule has 0 aromatic heterocycles. The van der Waals surface area contributed by atoms with Gasteiger partial charge >= 0.3 is 5.97 Å². The molecule has 0 spiro atoms. The molecule has 104 valence electrons. The molecule has 0 heterocycles. The summed E-state index contributed by atoms with van der Waals surface area (Å²) in [6.45, 7) is 5.74. The molecule has 0 fully saturated rings. The second-order valence-corrected chi connectivity index (χ2v) is 4.58. The number of hydrogen-bond acceptors (Lipinski definition) is 3. The molecule has 0 saturated carbocycles. The van der Waals surface area contributed by atoms with Crippen molar-refractivity contribution in [1.29, 1.82) is 0 Å². The summed E-state index contributed by atoms with van der Waals surface area (Å²) in [6, 6.07) is 3.73. The first-order valence-corrected chi connectivity index (χ1v) is 5.88. The van der Waals surface area contributed by atoms with Crippen molar-refractivity contribution in [3.8, 4) is 0 Å². The molecule has 5 nitrogen and oxygen atoms in total. The molecular formula is C13H17FN2O3. The molecule has 1 aromatic rings. The Balaban J connectivity index is 3.04. The first kappa shape index (κ1) is 15.1. The third kappa shape index (κ3) is 3.51. The maximum Gasteiger partial charge on any atom is 0.340 e. The van der Waals surface area contributed by atoms with E-state index in [1.807, 2.05) is 6.92 Å². The van der Waals surface area contributed by atoms with E-state index in [4.69, 9.17) is 5.11 Å². The molecule has 0 radical (unpaired) electrons. The Bertz CT molecular complexity index is 501. The van der Waals surface area contributed by atoms with Crippen molar-refractivity contribution in [3.63, 3.8) is 0 Å². The van der Waals surface area contributed by atoms with E-state index >= 15 is 0 Å². The Labute approximate surface area is 110 Å². The van der Waals surface area contributed by atoms with Crippen LogP contribution >= 0.6 is 0 Å². The number of carboxylic acid groups (broad SMARTS) is 1. The number of carbonyl (C=O) groups excluding carboxylic acids is 1. The van der Waals surface area contributed by atoms with E-state index < -0.39 is 28.8 Å². The van der Waals surface area contributed by atoms with Gasteiger partial charge in [0, 0.05) is 0 Å². The lowest BCUT2D eigenvalue weighted by atomic mass is 10.0. The molecular weight excluding hydrogens is 251 g/mol. The Morgan fingerprint density at radius 2 is 2.00 bits per heavy atom. The van der Waals surface area contributed by atoms with Crippen LogP contribution in [-0.2, 0) is 4.79 Å². The Hall–Kier alpha value is -1.95. The number of likely N-dealkylation sites (N-methyl/N-ethyl adjacent to an activating group) is 1. The summed E-state index contributed by atoms with van der Waals surface area (Å²) < 4.78 is 13.4. The van der Waals surface area contributed by atoms with Crippen LogP contribution in [0.5, 0.6) is 0 Å². The smallest absolute Gasteiger partial charge is 0.340 e. The minimum Gasteiger partial charge on any atom is -0.478 e. The predicted octanol–water partition coefficient (Wildman–Crippen LogP) is 1.85. The topological polar surface area (TPSA) is 78.4 Å². The molecule has 0 bridgehead atoms. The largest absolute Gasteiger partial charge is 0.478 e. The van der Waals surface area contributed by atoms with Crippen LogP contribution in [0.15, 0.2) is 18.2 Å². The highest BCUT2D eigenvalue weighted by Crippen LogP contribution is 2.20. The summed E-state index contributed by atoms with van der Waals surface area (Å²) >= 11 is 0. The number of halogens is 1. The average Bonchev–Trinajstić information content (AvgIpc) is 2.28. The maximum absolute atomic E-state index is 13.4. The van der Waals surface area contributed by atoms with Crippen molar-refractivity contribution in [2.24, 2.45) is 0 Å². The van der Waals surface area contributed by atoms with Crippen molar-refractivity contribution in [1.82, 2.24) is 5.32 Å². The van der Waals surface area contributed by atoms with Crippen LogP contribution in [0.3, 0.4) is 0 Å². The lowest BCUT2D eigenvalue weighted by Gasteiger charge is -2.24. The molecule has 0 aliphatic heterocycles. The van der Waals surface area contributed by atoms with E-state index in [1.54, 1.807) is 13.8 Å². The number of amides is 1. The van der Waals surface area contributed by atoms with Gasteiger partial charge in [-0.05, 0) is 32.5 Å². The van der Waals surface area contributed by atoms with Gasteiger partial charge < -0.3 is 15.7 Å². The van der Waals surface area contributed by atoms with Crippen LogP contribution < -0.4 is 10.6 Å². The quantitative estimate of drug-likeness (QED) is 0.761. The molecule has 0 atom stereocenters. The predicted molar refractivity (Wildman–Crippen MR) is 69.7 cm³/mol. The summed E-state index contributed by atoms with van der Waals surface area (Å²) in [4.78, 5) is 23.0. The van der Waals surface area contributed by atoms with Crippen LogP contribution in [0, 0.1) is 5.82 Å². The third-order valence-corrected chi connectivity index (χ3v) is 2.66. The van der Waals surface area contributed by atoms with Gasteiger partial charge in [0.2, 0.25) is 5.91 Å². The number of carbonyl (C=O) groups is 2. The van der Waals surface area contributed by atoms with E-state index in [9.17, 15) is 14.0 Å². The van der Waals surface area contributed by atoms with E-state index in [0.717, 1.165) is 6.07 Å². The summed E-state index contributed by atoms with van der Waals surface area (Å²) in [5.41, 5.74) is -1.47. The molecule has 0 saturated heterocycles. The number of carboxylic acids is 1. The molecule has 1 amide bonds. The first-order valence-electron chi connectivity index (χ1n) is 5.88. The molecule has 0 unspecified atom stereocenters. The first-order chi connectivity index (χ1) is 8.79. The molecule has 1 aromatic carbocycles. The van der Waals surface area contributed by atoms with Gasteiger partial charge in [-0.3, -0.25) is 4.79 Å². The van der Waals surface area contributed by atoms with E-state index in [-0.39, 0.29) is 5.69 Å². The summed E-state index contributed by atoms with van der Waals surface area (Å²) in [6.07, 6.45) is 0. The van der Waals surface area contributed by atoms with Crippen LogP contribution in [-0.4, -0.2) is 29.1 Å². The van der Waals surface area contributed by atoms with Gasteiger partial charge in [-0.25, -0.2) is 9.18 Å². The van der Waals surface area contributed by atoms with Crippen molar-refractivity contribution < 1.29 is 19.1 Å². The zero-order valence-corrected chi connectivity index (χ0v) is 11.1. The Kier molecular flexibility index (Phi) is 4.61. The van der Waals surface area contributed by atoms with Crippen molar-refractivity contribution in [3.05, 3.63) is 29.6 Å². The molecule has 0 aliphatic rings. The monoisotopic (exact) mass is 268 g/mol. The fraction of sp³-hybridized carbons (Fsp3) is 0.385. The van der Waals surface area contributed by atoms with Crippen molar-refractivity contribution in [2.75, 3.05) is 11.9 Å². The number of benzene rings is 1. The van der Waals surface area contributed by atoms with Crippen LogP contribution in [0.4, 0.5) is 10.1 Å². The van der Waals surface area contributed by atoms with Crippen LogP contribution in [0.1, 0.15) is 31.1 Å². The standard InChI is InChI=1S/C13H17FN2O3/c1-4-15-13(2,3)12(19)16-9-7-5-6-8(14)10(9)11(17)18/h5-7,15H,4H2,1-3H3,(H,16,19)(H,17,18). The maximum atomic E-state index is 13.4. The van der Waals surface area contributed by atoms with Crippen LogP contribution in [0.25, 0.3) is 0 Å². The van der Waals surface area contributed by atoms with Gasteiger partial charge in [-0.1, -0.05) is 13.0 Å². The highest BCUT2D eigenvalue weighted by atomic mass is 19.1. The van der Waals surface area contributed by atoms with Gasteiger partial charge in [-0.2, -0.15) is 0 Å². The molecule has 0 aliphatic carbocycles. The van der Waals surface area contributed by atoms with E-state index in [1.165, 1.54) is 12.1 Å². The average molecular weight is 268 g/mol. The van der Waals surface area contributed by atoms with E-state index in [0.29, 0.717) is 6.54 Å². The van der Waals surface area contributed by atoms with Gasteiger partial charge in [0.25, 0.3) is 0 Å². The molecule has 3 N–H and O–H groups in total. The Morgan fingerprint density at radius 1 is 1.37 bits per heavy atom. The molecule has 1 rings (SSSR count). The normalized spacial score (nSPS) is 11.2. The Morgan fingerprint density at radius 3 is 2.53 bits per heavy atom. The van der Waals surface area contributed by atoms with E-state index in [2.05, 4.69) is 10.6 Å². The van der Waals surface area contributed by atoms with Gasteiger partial charge in [0.1, 0.15) is 11.4 Å². The van der Waals surface area contributed by atoms with Crippen molar-refractivity contribution >= 4 is 17.6 Å². The lowest BCUT2D eigenvalue weighted by Crippen LogP contribution is -2.49. The number of aromatic carboxylic acids is 1. The van der Waals surface area contributed by atoms with Crippen molar-refractivity contribution in [2.45, 2.75) is 26.3 Å². The third-order valence-electron chi connectivity index (χ3n) is 2.66. The van der Waals surface area contributed by atoms with Gasteiger partial charge in [0.15, 0.2) is 0 Å². The summed E-state index contributed by atoms with van der Waals surface area (Å²) in [7, 11) is 0. The summed E-state index contributed by atoms with van der Waals surface area (Å²) in [5.74, 6) is -2.73. The second kappa shape index (κ2) is 5.79. The van der Waals surface area contributed by atoms with Gasteiger partial charge in [0.05, 0.1) is 11.2 Å². The highest BCUT2D eigenvalue weighted by Gasteiger charge is 2.28. The second-order valence-electron chi connectivity index (χ2n) is 4.58. The fourth-order valence-corrected chi connectivity index (χ4v) is 1.65. The number of hydrogen-bond donors (Lipinski definition) is 3. The molecule has 6 heteroatoms. The summed E-state index contributed by atoms with van der Waals surface area (Å²) in [5, 5.41) is 14.3. The minimum atomic E-state index is -1.42. The zero-order valence-electron chi connectivity index (χ0n) is 11.1. The number of anilines is 1. The zero-order chi connectivity index (χ0) is 14.6. The SMILES string of the molecule is CCNC(C)(C)C(=O)Nc1cccc(F)c1C(=O)O. The minimum absolute atomic E-state index is 0.0523. The molecule has 19 heavy (non-hydrogen) atoms. The number of rotatable bonds is 5. The fourth-order valence-electron chi connectivity index (χ4n) is 1.65. The highest BCUT2D eigenvalue weighted by molar-refractivity contribution is 6.03. The van der Waals surface area contributed by atoms with Crippen LogP contribution in [0.2, 0.25) is 0 Å². The van der Waals surface area contributed by atoms with Gasteiger partial charge in [-0.15, -0.1) is 0 Å². The number of nitrogens with one attached hydrogen (secondary N) is 2.